The molecular weight excluding hydrogens is 356 g/mol. The number of ether oxygens (including phenoxy) is 1. The van der Waals surface area contributed by atoms with Crippen LogP contribution in [0.25, 0.3) is 0 Å². The van der Waals surface area contributed by atoms with Gasteiger partial charge in [-0.1, -0.05) is 6.07 Å². The monoisotopic (exact) mass is 384 g/mol. The molecule has 2 aromatic rings. The van der Waals surface area contributed by atoms with Crippen molar-refractivity contribution in [2.24, 2.45) is 0 Å². The second-order valence-corrected chi connectivity index (χ2v) is 6.23. The number of carboxylic acids is 1. The van der Waals surface area contributed by atoms with Gasteiger partial charge in [-0.25, -0.2) is 9.59 Å². The van der Waals surface area contributed by atoms with Crippen LogP contribution < -0.4 is 14.5 Å². The molecule has 6 heteroatoms. The highest BCUT2D eigenvalue weighted by atomic mass is 16.5. The number of aromatic carboxylic acids is 1. The Kier molecular flexibility index (Phi) is 7.44. The van der Waals surface area contributed by atoms with E-state index in [9.17, 15) is 14.7 Å². The maximum Gasteiger partial charge on any atom is 0.346 e. The molecule has 0 aliphatic heterocycles. The Balaban J connectivity index is 2.36. The number of esters is 1. The number of carbonyl (C=O) groups is 2. The number of rotatable bonds is 9. The van der Waals surface area contributed by atoms with Gasteiger partial charge >= 0.3 is 11.9 Å². The van der Waals surface area contributed by atoms with E-state index in [4.69, 9.17) is 4.74 Å². The Labute approximate surface area is 166 Å². The summed E-state index contributed by atoms with van der Waals surface area (Å²) in [5.41, 5.74) is 1.62. The van der Waals surface area contributed by atoms with Gasteiger partial charge in [0.2, 0.25) is 0 Å². The lowest BCUT2D eigenvalue weighted by Crippen LogP contribution is -2.26. The fourth-order valence-electron chi connectivity index (χ4n) is 3.23. The largest absolute Gasteiger partial charge is 0.478 e. The van der Waals surface area contributed by atoms with Crippen molar-refractivity contribution in [2.75, 3.05) is 36.0 Å². The SMILES string of the molecule is CCN(CC)c1ccc(OC(=O)c2c(C(=O)O)cccc2N(CC)CC)cc1. The maximum absolute atomic E-state index is 12.9. The fourth-order valence-corrected chi connectivity index (χ4v) is 3.23. The predicted molar refractivity (Wildman–Crippen MR) is 112 cm³/mol. The summed E-state index contributed by atoms with van der Waals surface area (Å²) >= 11 is 0. The third-order valence-corrected chi connectivity index (χ3v) is 4.76. The second-order valence-electron chi connectivity index (χ2n) is 6.23. The lowest BCUT2D eigenvalue weighted by molar-refractivity contribution is 0.0668. The molecule has 0 unspecified atom stereocenters. The van der Waals surface area contributed by atoms with Gasteiger partial charge in [-0.3, -0.25) is 0 Å². The third kappa shape index (κ3) is 4.63. The van der Waals surface area contributed by atoms with Crippen LogP contribution in [0.4, 0.5) is 11.4 Å². The average molecular weight is 384 g/mol. The first kappa shape index (κ1) is 21.3. The molecule has 0 atom stereocenters. The van der Waals surface area contributed by atoms with Gasteiger partial charge in [0, 0.05) is 31.9 Å². The maximum atomic E-state index is 12.9. The molecular formula is C22H28N2O4. The lowest BCUT2D eigenvalue weighted by atomic mass is 10.0. The van der Waals surface area contributed by atoms with Gasteiger partial charge in [-0.2, -0.15) is 0 Å². The van der Waals surface area contributed by atoms with Crippen LogP contribution in [0.5, 0.6) is 5.75 Å². The standard InChI is InChI=1S/C22H28N2O4/c1-5-23(6-2)16-12-14-17(15-13-16)28-22(27)20-18(21(25)26)10-9-11-19(20)24(7-3)8-4/h9-15H,5-8H2,1-4H3,(H,25,26). The van der Waals surface area contributed by atoms with E-state index in [1.165, 1.54) is 6.07 Å². The van der Waals surface area contributed by atoms with E-state index in [0.29, 0.717) is 24.5 Å². The van der Waals surface area contributed by atoms with E-state index < -0.39 is 11.9 Å². The van der Waals surface area contributed by atoms with Crippen molar-refractivity contribution in [1.29, 1.82) is 0 Å². The van der Waals surface area contributed by atoms with Crippen LogP contribution in [0, 0.1) is 0 Å². The predicted octanol–water partition coefficient (Wildman–Crippen LogP) is 4.30. The topological polar surface area (TPSA) is 70.1 Å². The lowest BCUT2D eigenvalue weighted by Gasteiger charge is -2.24. The van der Waals surface area contributed by atoms with E-state index in [2.05, 4.69) is 18.7 Å². The van der Waals surface area contributed by atoms with Crippen LogP contribution in [0.1, 0.15) is 48.4 Å². The minimum absolute atomic E-state index is 0.0610. The van der Waals surface area contributed by atoms with Gasteiger partial charge in [0.05, 0.1) is 16.8 Å². The average Bonchev–Trinajstić information content (AvgIpc) is 2.70. The molecule has 6 nitrogen and oxygen atoms in total. The minimum atomic E-state index is -1.15. The van der Waals surface area contributed by atoms with Crippen LogP contribution >= 0.6 is 0 Å². The molecule has 2 aromatic carbocycles. The molecule has 0 amide bonds. The van der Waals surface area contributed by atoms with E-state index in [-0.39, 0.29) is 11.1 Å². The third-order valence-electron chi connectivity index (χ3n) is 4.76. The highest BCUT2D eigenvalue weighted by Crippen LogP contribution is 2.27. The summed E-state index contributed by atoms with van der Waals surface area (Å²) in [4.78, 5) is 28.7. The Hall–Kier alpha value is -3.02. The van der Waals surface area contributed by atoms with Crippen molar-refractivity contribution in [2.45, 2.75) is 27.7 Å². The molecule has 0 bridgehead atoms. The summed E-state index contributed by atoms with van der Waals surface area (Å²) in [6.07, 6.45) is 0. The minimum Gasteiger partial charge on any atom is -0.478 e. The zero-order valence-corrected chi connectivity index (χ0v) is 16.9. The zero-order chi connectivity index (χ0) is 20.7. The molecule has 0 saturated heterocycles. The smallest absolute Gasteiger partial charge is 0.346 e. The number of carboxylic acid groups (broad SMARTS) is 1. The van der Waals surface area contributed by atoms with Gasteiger partial charge in [-0.05, 0) is 64.1 Å². The Morgan fingerprint density at radius 3 is 1.93 bits per heavy atom. The number of carbonyl (C=O) groups excluding carboxylic acids is 1. The molecule has 1 N–H and O–H groups in total. The number of anilines is 2. The van der Waals surface area contributed by atoms with Crippen LogP contribution in [0.2, 0.25) is 0 Å². The highest BCUT2D eigenvalue weighted by molar-refractivity contribution is 6.07. The summed E-state index contributed by atoms with van der Waals surface area (Å²) in [5.74, 6) is -1.44. The van der Waals surface area contributed by atoms with Crippen molar-refractivity contribution >= 4 is 23.3 Å². The Morgan fingerprint density at radius 2 is 1.43 bits per heavy atom. The molecule has 150 valence electrons. The van der Waals surface area contributed by atoms with Gasteiger partial charge in [0.15, 0.2) is 0 Å². The molecule has 0 aromatic heterocycles. The Morgan fingerprint density at radius 1 is 0.857 bits per heavy atom. The summed E-state index contributed by atoms with van der Waals surface area (Å²) in [6, 6.07) is 12.1. The van der Waals surface area contributed by atoms with Crippen molar-refractivity contribution in [1.82, 2.24) is 0 Å². The van der Waals surface area contributed by atoms with E-state index in [1.807, 2.05) is 30.9 Å². The van der Waals surface area contributed by atoms with Gasteiger partial charge in [0.25, 0.3) is 0 Å². The molecule has 0 fully saturated rings. The van der Waals surface area contributed by atoms with Crippen molar-refractivity contribution in [3.05, 3.63) is 53.6 Å². The van der Waals surface area contributed by atoms with E-state index in [1.54, 1.807) is 24.3 Å². The van der Waals surface area contributed by atoms with Crippen molar-refractivity contribution < 1.29 is 19.4 Å². The summed E-state index contributed by atoms with van der Waals surface area (Å²) < 4.78 is 5.53. The summed E-state index contributed by atoms with van der Waals surface area (Å²) in [7, 11) is 0. The number of nitrogens with zero attached hydrogens (tertiary/aromatic N) is 2. The van der Waals surface area contributed by atoms with Crippen LogP contribution in [-0.4, -0.2) is 43.2 Å². The molecule has 2 rings (SSSR count). The molecule has 0 aliphatic carbocycles. The fraction of sp³-hybridized carbons (Fsp3) is 0.364. The van der Waals surface area contributed by atoms with E-state index in [0.717, 1.165) is 18.8 Å². The number of benzene rings is 2. The van der Waals surface area contributed by atoms with Crippen molar-refractivity contribution in [3.63, 3.8) is 0 Å². The number of hydrogen-bond donors (Lipinski definition) is 1. The van der Waals surface area contributed by atoms with Gasteiger partial charge < -0.3 is 19.6 Å². The molecule has 0 radical (unpaired) electrons. The first-order chi connectivity index (χ1) is 13.5. The molecule has 0 aliphatic rings. The van der Waals surface area contributed by atoms with Crippen molar-refractivity contribution in [3.8, 4) is 5.75 Å². The second kappa shape index (κ2) is 9.78. The zero-order valence-electron chi connectivity index (χ0n) is 16.9. The Bertz CT molecular complexity index is 810. The van der Waals surface area contributed by atoms with E-state index >= 15 is 0 Å². The van der Waals surface area contributed by atoms with Gasteiger partial charge in [0.1, 0.15) is 5.75 Å². The normalized spacial score (nSPS) is 10.4. The first-order valence-corrected chi connectivity index (χ1v) is 9.65. The molecule has 0 heterocycles. The summed E-state index contributed by atoms with van der Waals surface area (Å²) in [5, 5.41) is 9.55. The summed E-state index contributed by atoms with van der Waals surface area (Å²) in [6.45, 7) is 11.1. The molecule has 0 spiro atoms. The highest BCUT2D eigenvalue weighted by Gasteiger charge is 2.24. The van der Waals surface area contributed by atoms with Gasteiger partial charge in [-0.15, -0.1) is 0 Å². The quantitative estimate of drug-likeness (QED) is 0.514. The van der Waals surface area contributed by atoms with Crippen LogP contribution in [-0.2, 0) is 0 Å². The number of hydrogen-bond acceptors (Lipinski definition) is 5. The van der Waals surface area contributed by atoms with Crippen LogP contribution in [0.15, 0.2) is 42.5 Å². The molecule has 0 saturated carbocycles. The first-order valence-electron chi connectivity index (χ1n) is 9.65. The van der Waals surface area contributed by atoms with Crippen LogP contribution in [0.3, 0.4) is 0 Å². The molecule has 28 heavy (non-hydrogen) atoms.